The molecule has 0 spiro atoms. The van der Waals surface area contributed by atoms with E-state index in [0.717, 1.165) is 27.8 Å². The smallest absolute Gasteiger partial charge is 0.104 e. The molecule has 0 bridgehead atoms. The van der Waals surface area contributed by atoms with Gasteiger partial charge in [0, 0.05) is 36.4 Å². The van der Waals surface area contributed by atoms with Crippen molar-refractivity contribution >= 4 is 33.8 Å². The van der Waals surface area contributed by atoms with E-state index in [4.69, 9.17) is 18.0 Å². The van der Waals surface area contributed by atoms with E-state index in [-0.39, 0.29) is 0 Å². The molecule has 0 atom stereocenters. The zero-order chi connectivity index (χ0) is 12.6. The summed E-state index contributed by atoms with van der Waals surface area (Å²) in [5, 5.41) is 1.07. The Kier molecular flexibility index (Phi) is 2.98. The summed E-state index contributed by atoms with van der Waals surface area (Å²) in [5.74, 6) is 0. The van der Waals surface area contributed by atoms with Crippen molar-refractivity contribution in [3.63, 3.8) is 0 Å². The SMILES string of the molecule is Cc1cc(N(C)C)c2cc(C(N)=S)ccc2n1. The van der Waals surface area contributed by atoms with Crippen molar-refractivity contribution in [1.29, 1.82) is 0 Å². The predicted octanol–water partition coefficient (Wildman–Crippen LogP) is 2.24. The van der Waals surface area contributed by atoms with Crippen LogP contribution in [0.3, 0.4) is 0 Å². The molecule has 3 nitrogen and oxygen atoms in total. The van der Waals surface area contributed by atoms with Crippen LogP contribution in [0.5, 0.6) is 0 Å². The van der Waals surface area contributed by atoms with Crippen LogP contribution in [0.2, 0.25) is 0 Å². The van der Waals surface area contributed by atoms with Crippen molar-refractivity contribution in [3.05, 3.63) is 35.5 Å². The Labute approximate surface area is 106 Å². The van der Waals surface area contributed by atoms with E-state index in [2.05, 4.69) is 16.0 Å². The van der Waals surface area contributed by atoms with E-state index in [1.54, 1.807) is 0 Å². The zero-order valence-corrected chi connectivity index (χ0v) is 11.0. The third-order valence-electron chi connectivity index (χ3n) is 2.68. The lowest BCUT2D eigenvalue weighted by Crippen LogP contribution is -2.12. The summed E-state index contributed by atoms with van der Waals surface area (Å²) in [6.07, 6.45) is 0. The molecule has 0 radical (unpaired) electrons. The number of anilines is 1. The average molecular weight is 245 g/mol. The normalized spacial score (nSPS) is 10.5. The Bertz CT molecular complexity index is 590. The molecule has 0 aliphatic carbocycles. The van der Waals surface area contributed by atoms with Gasteiger partial charge in [0.1, 0.15) is 4.99 Å². The van der Waals surface area contributed by atoms with E-state index in [0.29, 0.717) is 4.99 Å². The Morgan fingerprint density at radius 1 is 1.29 bits per heavy atom. The topological polar surface area (TPSA) is 42.1 Å². The van der Waals surface area contributed by atoms with Crippen LogP contribution >= 0.6 is 12.2 Å². The van der Waals surface area contributed by atoms with Gasteiger partial charge in [-0.1, -0.05) is 12.2 Å². The molecule has 0 aliphatic rings. The minimum atomic E-state index is 0.414. The van der Waals surface area contributed by atoms with Crippen LogP contribution in [-0.2, 0) is 0 Å². The van der Waals surface area contributed by atoms with Crippen LogP contribution in [0.15, 0.2) is 24.3 Å². The third kappa shape index (κ3) is 2.22. The maximum Gasteiger partial charge on any atom is 0.104 e. The lowest BCUT2D eigenvalue weighted by atomic mass is 10.1. The standard InChI is InChI=1S/C13H15N3S/c1-8-6-12(16(2)3)10-7-9(13(14)17)4-5-11(10)15-8/h4-7H,1-3H3,(H2,14,17). The molecule has 2 aromatic rings. The second kappa shape index (κ2) is 4.30. The Morgan fingerprint density at radius 2 is 2.00 bits per heavy atom. The fourth-order valence-corrected chi connectivity index (χ4v) is 1.99. The number of rotatable bonds is 2. The van der Waals surface area contributed by atoms with Crippen LogP contribution in [0.1, 0.15) is 11.3 Å². The number of hydrogen-bond donors (Lipinski definition) is 1. The number of thiocarbonyl (C=S) groups is 1. The molecule has 1 aromatic heterocycles. The van der Waals surface area contributed by atoms with E-state index in [1.165, 1.54) is 0 Å². The number of aryl methyl sites for hydroxylation is 1. The molecule has 0 saturated heterocycles. The van der Waals surface area contributed by atoms with E-state index >= 15 is 0 Å². The number of pyridine rings is 1. The summed E-state index contributed by atoms with van der Waals surface area (Å²) in [5.41, 5.74) is 9.63. The first-order chi connectivity index (χ1) is 7.99. The summed E-state index contributed by atoms with van der Waals surface area (Å²) in [4.78, 5) is 6.99. The van der Waals surface area contributed by atoms with Crippen molar-refractivity contribution in [2.24, 2.45) is 5.73 Å². The number of benzene rings is 1. The van der Waals surface area contributed by atoms with E-state index in [1.807, 2.05) is 39.2 Å². The van der Waals surface area contributed by atoms with Gasteiger partial charge >= 0.3 is 0 Å². The quantitative estimate of drug-likeness (QED) is 0.824. The predicted molar refractivity (Wildman–Crippen MR) is 76.7 cm³/mol. The minimum absolute atomic E-state index is 0.414. The van der Waals surface area contributed by atoms with Gasteiger partial charge < -0.3 is 10.6 Å². The number of hydrogen-bond acceptors (Lipinski definition) is 3. The van der Waals surface area contributed by atoms with Crippen molar-refractivity contribution in [2.75, 3.05) is 19.0 Å². The highest BCUT2D eigenvalue weighted by Crippen LogP contribution is 2.26. The first-order valence-corrected chi connectivity index (χ1v) is 5.78. The fourth-order valence-electron chi connectivity index (χ4n) is 1.86. The monoisotopic (exact) mass is 245 g/mol. The highest BCUT2D eigenvalue weighted by atomic mass is 32.1. The van der Waals surface area contributed by atoms with Gasteiger partial charge in [-0.25, -0.2) is 0 Å². The largest absolute Gasteiger partial charge is 0.389 e. The van der Waals surface area contributed by atoms with Crippen LogP contribution in [0.25, 0.3) is 10.9 Å². The fraction of sp³-hybridized carbons (Fsp3) is 0.231. The Hall–Kier alpha value is -1.68. The van der Waals surface area contributed by atoms with Gasteiger partial charge in [-0.2, -0.15) is 0 Å². The molecular weight excluding hydrogens is 230 g/mol. The molecular formula is C13H15N3S. The number of aromatic nitrogens is 1. The van der Waals surface area contributed by atoms with Crippen LogP contribution < -0.4 is 10.6 Å². The van der Waals surface area contributed by atoms with Gasteiger partial charge in [-0.3, -0.25) is 4.98 Å². The maximum atomic E-state index is 5.66. The summed E-state index contributed by atoms with van der Waals surface area (Å²) in [6, 6.07) is 7.94. The second-order valence-electron chi connectivity index (χ2n) is 4.27. The van der Waals surface area contributed by atoms with Gasteiger partial charge in [-0.05, 0) is 31.2 Å². The van der Waals surface area contributed by atoms with Crippen LogP contribution in [0.4, 0.5) is 5.69 Å². The molecule has 17 heavy (non-hydrogen) atoms. The maximum absolute atomic E-state index is 5.66. The molecule has 0 fully saturated rings. The summed E-state index contributed by atoms with van der Waals surface area (Å²) in [7, 11) is 4.03. The lowest BCUT2D eigenvalue weighted by molar-refractivity contribution is 1.12. The second-order valence-corrected chi connectivity index (χ2v) is 4.71. The number of nitrogens with two attached hydrogens (primary N) is 1. The molecule has 0 aliphatic heterocycles. The van der Waals surface area contributed by atoms with Gasteiger partial charge in [0.25, 0.3) is 0 Å². The molecule has 0 amide bonds. The number of fused-ring (bicyclic) bond motifs is 1. The van der Waals surface area contributed by atoms with Crippen molar-refractivity contribution in [1.82, 2.24) is 4.98 Å². The molecule has 4 heteroatoms. The van der Waals surface area contributed by atoms with Gasteiger partial charge in [-0.15, -0.1) is 0 Å². The molecule has 0 saturated carbocycles. The molecule has 1 heterocycles. The molecule has 1 aromatic carbocycles. The van der Waals surface area contributed by atoms with Crippen molar-refractivity contribution in [2.45, 2.75) is 6.92 Å². The molecule has 0 unspecified atom stereocenters. The Balaban J connectivity index is 2.78. The lowest BCUT2D eigenvalue weighted by Gasteiger charge is -2.16. The first-order valence-electron chi connectivity index (χ1n) is 5.37. The Morgan fingerprint density at radius 3 is 2.59 bits per heavy atom. The third-order valence-corrected chi connectivity index (χ3v) is 2.92. The van der Waals surface area contributed by atoms with E-state index < -0.39 is 0 Å². The molecule has 2 N–H and O–H groups in total. The van der Waals surface area contributed by atoms with Gasteiger partial charge in [0.05, 0.1) is 5.52 Å². The number of nitrogens with zero attached hydrogens (tertiary/aromatic N) is 2. The highest BCUT2D eigenvalue weighted by Gasteiger charge is 2.07. The van der Waals surface area contributed by atoms with E-state index in [9.17, 15) is 0 Å². The summed E-state index contributed by atoms with van der Waals surface area (Å²) >= 11 is 5.00. The molecule has 88 valence electrons. The zero-order valence-electron chi connectivity index (χ0n) is 10.2. The molecule has 2 rings (SSSR count). The first kappa shape index (κ1) is 11.8. The average Bonchev–Trinajstić information content (AvgIpc) is 2.26. The summed E-state index contributed by atoms with van der Waals surface area (Å²) < 4.78 is 0. The minimum Gasteiger partial charge on any atom is -0.389 e. The summed E-state index contributed by atoms with van der Waals surface area (Å²) in [6.45, 7) is 1.99. The van der Waals surface area contributed by atoms with Gasteiger partial charge in [0.15, 0.2) is 0 Å². The van der Waals surface area contributed by atoms with Crippen LogP contribution in [0, 0.1) is 6.92 Å². The van der Waals surface area contributed by atoms with Gasteiger partial charge in [0.2, 0.25) is 0 Å². The highest BCUT2D eigenvalue weighted by molar-refractivity contribution is 7.80. The van der Waals surface area contributed by atoms with Crippen LogP contribution in [-0.4, -0.2) is 24.1 Å². The van der Waals surface area contributed by atoms with Crippen molar-refractivity contribution in [3.8, 4) is 0 Å². The van der Waals surface area contributed by atoms with Crippen molar-refractivity contribution < 1.29 is 0 Å².